The Morgan fingerprint density at radius 1 is 0.794 bits per heavy atom. The highest BCUT2D eigenvalue weighted by atomic mass is 16.5. The molecule has 4 aromatic carbocycles. The van der Waals surface area contributed by atoms with Crippen molar-refractivity contribution < 1.29 is 14.3 Å². The summed E-state index contributed by atoms with van der Waals surface area (Å²) in [5.74, 6) is -0.0662. The number of imide groups is 1. The predicted octanol–water partition coefficient (Wildman–Crippen LogP) is 5.86. The molecule has 168 valence electrons. The molecule has 5 rings (SSSR count). The number of rotatable bonds is 5. The zero-order chi connectivity index (χ0) is 23.8. The number of anilines is 2. The molecule has 2 amide bonds. The van der Waals surface area contributed by atoms with E-state index in [-0.39, 0.29) is 17.5 Å². The average Bonchev–Trinajstić information content (AvgIpc) is 3.10. The van der Waals surface area contributed by atoms with E-state index >= 15 is 0 Å². The van der Waals surface area contributed by atoms with Crippen molar-refractivity contribution in [1.82, 2.24) is 0 Å². The minimum absolute atomic E-state index is 0.261. The molecule has 0 saturated heterocycles. The van der Waals surface area contributed by atoms with Gasteiger partial charge in [0.1, 0.15) is 11.4 Å². The Kier molecular flexibility index (Phi) is 5.38. The molecule has 0 bridgehead atoms. The number of nitrogens with one attached hydrogen (secondary N) is 1. The lowest BCUT2D eigenvalue weighted by atomic mass is 10.0. The Morgan fingerprint density at radius 3 is 2.29 bits per heavy atom. The normalized spacial score (nSPS) is 13.7. The van der Waals surface area contributed by atoms with Crippen LogP contribution in [0.15, 0.2) is 90.6 Å². The van der Waals surface area contributed by atoms with Gasteiger partial charge in [-0.05, 0) is 60.2 Å². The number of benzene rings is 4. The van der Waals surface area contributed by atoms with Crippen LogP contribution < -0.4 is 15.0 Å². The molecular formula is C29H24N2O3. The SMILES string of the molecule is COc1ccc(C2=C(Nc3cc(C)ccc3C)C(=O)N(c3cccc4ccccc34)C2=O)cc1. The highest BCUT2D eigenvalue weighted by molar-refractivity contribution is 6.47. The second-order valence-corrected chi connectivity index (χ2v) is 8.37. The molecule has 0 spiro atoms. The topological polar surface area (TPSA) is 58.6 Å². The van der Waals surface area contributed by atoms with Crippen LogP contribution in [0.25, 0.3) is 16.3 Å². The largest absolute Gasteiger partial charge is 0.497 e. The van der Waals surface area contributed by atoms with Crippen LogP contribution in [0.1, 0.15) is 16.7 Å². The summed E-state index contributed by atoms with van der Waals surface area (Å²) in [5.41, 5.74) is 4.64. The van der Waals surface area contributed by atoms with Gasteiger partial charge in [-0.15, -0.1) is 0 Å². The van der Waals surface area contributed by atoms with Crippen molar-refractivity contribution in [2.75, 3.05) is 17.3 Å². The Balaban J connectivity index is 1.67. The van der Waals surface area contributed by atoms with Gasteiger partial charge in [-0.3, -0.25) is 9.59 Å². The Bertz CT molecular complexity index is 1460. The smallest absolute Gasteiger partial charge is 0.282 e. The number of amides is 2. The molecule has 0 aliphatic carbocycles. The lowest BCUT2D eigenvalue weighted by Crippen LogP contribution is -2.32. The summed E-state index contributed by atoms with van der Waals surface area (Å²) in [7, 11) is 1.59. The minimum atomic E-state index is -0.381. The second kappa shape index (κ2) is 8.52. The van der Waals surface area contributed by atoms with E-state index < -0.39 is 0 Å². The third kappa shape index (κ3) is 3.61. The number of hydrogen-bond acceptors (Lipinski definition) is 4. The summed E-state index contributed by atoms with van der Waals surface area (Å²) < 4.78 is 5.28. The summed E-state index contributed by atoms with van der Waals surface area (Å²) in [6.07, 6.45) is 0. The first kappa shape index (κ1) is 21.5. The maximum absolute atomic E-state index is 13.8. The number of fused-ring (bicyclic) bond motifs is 1. The van der Waals surface area contributed by atoms with Gasteiger partial charge >= 0.3 is 0 Å². The highest BCUT2D eigenvalue weighted by Gasteiger charge is 2.41. The molecule has 1 aliphatic heterocycles. The van der Waals surface area contributed by atoms with Gasteiger partial charge in [0.15, 0.2) is 0 Å². The van der Waals surface area contributed by atoms with Crippen molar-refractivity contribution >= 4 is 39.5 Å². The number of carbonyl (C=O) groups excluding carboxylic acids is 2. The zero-order valence-electron chi connectivity index (χ0n) is 19.3. The molecule has 5 heteroatoms. The lowest BCUT2D eigenvalue weighted by Gasteiger charge is -2.18. The predicted molar refractivity (Wildman–Crippen MR) is 136 cm³/mol. The third-order valence-corrected chi connectivity index (χ3v) is 6.12. The molecule has 1 aliphatic rings. The molecule has 34 heavy (non-hydrogen) atoms. The van der Waals surface area contributed by atoms with Crippen LogP contribution in [0.4, 0.5) is 11.4 Å². The van der Waals surface area contributed by atoms with Crippen LogP contribution in [0, 0.1) is 13.8 Å². The van der Waals surface area contributed by atoms with Crippen LogP contribution in [0.2, 0.25) is 0 Å². The number of carbonyl (C=O) groups is 2. The maximum Gasteiger partial charge on any atom is 0.282 e. The second-order valence-electron chi connectivity index (χ2n) is 8.37. The van der Waals surface area contributed by atoms with Crippen LogP contribution >= 0.6 is 0 Å². The van der Waals surface area contributed by atoms with Crippen molar-refractivity contribution in [3.63, 3.8) is 0 Å². The van der Waals surface area contributed by atoms with E-state index in [1.54, 1.807) is 31.4 Å². The van der Waals surface area contributed by atoms with Gasteiger partial charge < -0.3 is 10.1 Å². The summed E-state index contributed by atoms with van der Waals surface area (Å²) in [5, 5.41) is 5.09. The molecule has 0 aromatic heterocycles. The summed E-state index contributed by atoms with van der Waals surface area (Å²) in [6, 6.07) is 26.6. The van der Waals surface area contributed by atoms with Crippen molar-refractivity contribution in [1.29, 1.82) is 0 Å². The summed E-state index contributed by atoms with van der Waals surface area (Å²) in [4.78, 5) is 28.9. The van der Waals surface area contributed by atoms with E-state index in [1.165, 1.54) is 4.90 Å². The molecule has 0 saturated carbocycles. The Morgan fingerprint density at radius 2 is 1.53 bits per heavy atom. The van der Waals surface area contributed by atoms with E-state index in [1.807, 2.05) is 74.5 Å². The average molecular weight is 449 g/mol. The standard InChI is InChI=1S/C29H24N2O3/c1-18-11-12-19(2)24(17-18)30-27-26(21-13-15-22(34-3)16-14-21)28(32)31(29(27)33)25-10-6-8-20-7-4-5-9-23(20)25/h4-17,30H,1-3H3. The van der Waals surface area contributed by atoms with Gasteiger partial charge in [-0.2, -0.15) is 0 Å². The van der Waals surface area contributed by atoms with E-state index in [0.717, 1.165) is 27.6 Å². The summed E-state index contributed by atoms with van der Waals surface area (Å²) in [6.45, 7) is 3.96. The van der Waals surface area contributed by atoms with Crippen molar-refractivity contribution in [3.8, 4) is 5.75 Å². The fourth-order valence-corrected chi connectivity index (χ4v) is 4.30. The van der Waals surface area contributed by atoms with E-state index in [2.05, 4.69) is 5.32 Å². The highest BCUT2D eigenvalue weighted by Crippen LogP contribution is 2.37. The first-order valence-electron chi connectivity index (χ1n) is 11.1. The summed E-state index contributed by atoms with van der Waals surface area (Å²) >= 11 is 0. The monoisotopic (exact) mass is 448 g/mol. The number of methoxy groups -OCH3 is 1. The van der Waals surface area contributed by atoms with E-state index in [0.29, 0.717) is 22.6 Å². The number of ether oxygens (including phenoxy) is 1. The first-order chi connectivity index (χ1) is 16.5. The van der Waals surface area contributed by atoms with Crippen LogP contribution in [0.3, 0.4) is 0 Å². The number of hydrogen-bond donors (Lipinski definition) is 1. The number of aryl methyl sites for hydroxylation is 2. The third-order valence-electron chi connectivity index (χ3n) is 6.12. The van der Waals surface area contributed by atoms with Gasteiger partial charge in [0.2, 0.25) is 0 Å². The molecule has 5 nitrogen and oxygen atoms in total. The van der Waals surface area contributed by atoms with E-state index in [4.69, 9.17) is 4.74 Å². The minimum Gasteiger partial charge on any atom is -0.497 e. The number of nitrogens with zero attached hydrogens (tertiary/aromatic N) is 1. The van der Waals surface area contributed by atoms with Gasteiger partial charge in [0, 0.05) is 11.1 Å². The van der Waals surface area contributed by atoms with Crippen molar-refractivity contribution in [2.45, 2.75) is 13.8 Å². The van der Waals surface area contributed by atoms with Gasteiger partial charge in [0.25, 0.3) is 11.8 Å². The fourth-order valence-electron chi connectivity index (χ4n) is 4.30. The molecular weight excluding hydrogens is 424 g/mol. The molecule has 1 heterocycles. The van der Waals surface area contributed by atoms with Crippen LogP contribution in [-0.2, 0) is 9.59 Å². The molecule has 1 N–H and O–H groups in total. The first-order valence-corrected chi connectivity index (χ1v) is 11.1. The zero-order valence-corrected chi connectivity index (χ0v) is 19.3. The quantitative estimate of drug-likeness (QED) is 0.389. The fraction of sp³-hybridized carbons (Fsp3) is 0.103. The van der Waals surface area contributed by atoms with E-state index in [9.17, 15) is 9.59 Å². The molecule has 0 fully saturated rings. The Labute approximate surface area is 198 Å². The molecule has 4 aromatic rings. The van der Waals surface area contributed by atoms with Crippen molar-refractivity contribution in [3.05, 3.63) is 107 Å². The van der Waals surface area contributed by atoms with Gasteiger partial charge in [0.05, 0.1) is 18.4 Å². The van der Waals surface area contributed by atoms with Crippen LogP contribution in [-0.4, -0.2) is 18.9 Å². The van der Waals surface area contributed by atoms with Gasteiger partial charge in [-0.1, -0.05) is 60.7 Å². The molecule has 0 unspecified atom stereocenters. The maximum atomic E-state index is 13.8. The van der Waals surface area contributed by atoms with Gasteiger partial charge in [-0.25, -0.2) is 4.90 Å². The van der Waals surface area contributed by atoms with Crippen LogP contribution in [0.5, 0.6) is 5.75 Å². The lowest BCUT2D eigenvalue weighted by molar-refractivity contribution is -0.120. The molecule has 0 radical (unpaired) electrons. The van der Waals surface area contributed by atoms with Crippen molar-refractivity contribution in [2.24, 2.45) is 0 Å². The molecule has 0 atom stereocenters. The Hall–Kier alpha value is -4.38.